The van der Waals surface area contributed by atoms with Crippen LogP contribution in [0, 0.1) is 6.92 Å². The van der Waals surface area contributed by atoms with Crippen LogP contribution in [0.3, 0.4) is 0 Å². The summed E-state index contributed by atoms with van der Waals surface area (Å²) in [6, 6.07) is 9.63. The summed E-state index contributed by atoms with van der Waals surface area (Å²) >= 11 is 0. The van der Waals surface area contributed by atoms with E-state index in [4.69, 9.17) is 9.15 Å². The predicted octanol–water partition coefficient (Wildman–Crippen LogP) is 4.07. The summed E-state index contributed by atoms with van der Waals surface area (Å²) in [6.07, 6.45) is 1.63. The zero-order valence-corrected chi connectivity index (χ0v) is 11.1. The lowest BCUT2D eigenvalue weighted by Crippen LogP contribution is -2.06. The SMILES string of the molecule is C=Cc1c(-c2ccccc2)oc(C)c1C(=O)OCC. The number of aryl methyl sites for hydroxylation is 1. The number of benzene rings is 1. The van der Waals surface area contributed by atoms with Crippen molar-refractivity contribution in [2.24, 2.45) is 0 Å². The number of hydrogen-bond acceptors (Lipinski definition) is 3. The normalized spacial score (nSPS) is 10.2. The highest BCUT2D eigenvalue weighted by Crippen LogP contribution is 2.32. The van der Waals surface area contributed by atoms with Gasteiger partial charge < -0.3 is 9.15 Å². The molecule has 3 nitrogen and oxygen atoms in total. The van der Waals surface area contributed by atoms with E-state index in [2.05, 4.69) is 6.58 Å². The zero-order valence-electron chi connectivity index (χ0n) is 11.1. The number of carbonyl (C=O) groups is 1. The molecule has 0 spiro atoms. The van der Waals surface area contributed by atoms with Gasteiger partial charge in [0.25, 0.3) is 0 Å². The van der Waals surface area contributed by atoms with Crippen LogP contribution in [0.2, 0.25) is 0 Å². The third-order valence-corrected chi connectivity index (χ3v) is 2.84. The van der Waals surface area contributed by atoms with Gasteiger partial charge in [-0.1, -0.05) is 43.0 Å². The largest absolute Gasteiger partial charge is 0.462 e. The summed E-state index contributed by atoms with van der Waals surface area (Å²) < 4.78 is 10.8. The van der Waals surface area contributed by atoms with Crippen LogP contribution >= 0.6 is 0 Å². The van der Waals surface area contributed by atoms with E-state index < -0.39 is 0 Å². The molecule has 98 valence electrons. The molecule has 0 radical (unpaired) electrons. The molecule has 0 bridgehead atoms. The van der Waals surface area contributed by atoms with Crippen molar-refractivity contribution in [3.63, 3.8) is 0 Å². The van der Waals surface area contributed by atoms with Gasteiger partial charge in [0.15, 0.2) is 0 Å². The molecular weight excluding hydrogens is 240 g/mol. The second-order valence-corrected chi connectivity index (χ2v) is 4.07. The molecule has 1 aromatic carbocycles. The van der Waals surface area contributed by atoms with Gasteiger partial charge in [0.2, 0.25) is 0 Å². The number of rotatable bonds is 4. The first kappa shape index (κ1) is 13.1. The molecule has 0 aliphatic heterocycles. The van der Waals surface area contributed by atoms with Crippen LogP contribution in [0.25, 0.3) is 17.4 Å². The Hall–Kier alpha value is -2.29. The maximum atomic E-state index is 12.0. The van der Waals surface area contributed by atoms with E-state index in [1.807, 2.05) is 30.3 Å². The predicted molar refractivity (Wildman–Crippen MR) is 74.9 cm³/mol. The molecule has 0 amide bonds. The molecule has 1 aromatic heterocycles. The average molecular weight is 256 g/mol. The van der Waals surface area contributed by atoms with Crippen molar-refractivity contribution in [3.8, 4) is 11.3 Å². The van der Waals surface area contributed by atoms with Crippen LogP contribution in [0.1, 0.15) is 28.6 Å². The fraction of sp³-hybridized carbons (Fsp3) is 0.188. The van der Waals surface area contributed by atoms with Gasteiger partial charge in [-0.3, -0.25) is 0 Å². The third-order valence-electron chi connectivity index (χ3n) is 2.84. The Morgan fingerprint density at radius 2 is 2.05 bits per heavy atom. The molecule has 2 rings (SSSR count). The summed E-state index contributed by atoms with van der Waals surface area (Å²) in [4.78, 5) is 12.0. The second-order valence-electron chi connectivity index (χ2n) is 4.07. The summed E-state index contributed by atoms with van der Waals surface area (Å²) in [6.45, 7) is 7.63. The first-order chi connectivity index (χ1) is 9.19. The van der Waals surface area contributed by atoms with Crippen LogP contribution in [-0.2, 0) is 4.74 Å². The van der Waals surface area contributed by atoms with Gasteiger partial charge in [0, 0.05) is 11.1 Å². The van der Waals surface area contributed by atoms with Gasteiger partial charge >= 0.3 is 5.97 Å². The highest BCUT2D eigenvalue weighted by Gasteiger charge is 2.23. The standard InChI is InChI=1S/C16H16O3/c1-4-13-14(16(17)18-5-2)11(3)19-15(13)12-9-7-6-8-10-12/h4,6-10H,1,5H2,2-3H3. The Kier molecular flexibility index (Phi) is 3.85. The minimum absolute atomic E-state index is 0.334. The number of carbonyl (C=O) groups excluding carboxylic acids is 1. The molecule has 0 N–H and O–H groups in total. The Morgan fingerprint density at radius 1 is 1.37 bits per heavy atom. The van der Waals surface area contributed by atoms with Gasteiger partial charge in [0.1, 0.15) is 17.1 Å². The summed E-state index contributed by atoms with van der Waals surface area (Å²) in [5.41, 5.74) is 2.05. The van der Waals surface area contributed by atoms with E-state index in [-0.39, 0.29) is 5.97 Å². The molecule has 0 atom stereocenters. The van der Waals surface area contributed by atoms with E-state index in [9.17, 15) is 4.79 Å². The van der Waals surface area contributed by atoms with E-state index >= 15 is 0 Å². The van der Waals surface area contributed by atoms with Crippen molar-refractivity contribution in [3.05, 3.63) is 53.8 Å². The summed E-state index contributed by atoms with van der Waals surface area (Å²) in [5, 5.41) is 0. The van der Waals surface area contributed by atoms with Crippen molar-refractivity contribution in [1.29, 1.82) is 0 Å². The Bertz CT molecular complexity index is 594. The van der Waals surface area contributed by atoms with Gasteiger partial charge in [-0.2, -0.15) is 0 Å². The highest BCUT2D eigenvalue weighted by atomic mass is 16.5. The minimum atomic E-state index is -0.374. The Balaban J connectivity index is 2.56. The van der Waals surface area contributed by atoms with Crippen molar-refractivity contribution >= 4 is 12.0 Å². The monoisotopic (exact) mass is 256 g/mol. The smallest absolute Gasteiger partial charge is 0.342 e. The van der Waals surface area contributed by atoms with Crippen LogP contribution in [-0.4, -0.2) is 12.6 Å². The van der Waals surface area contributed by atoms with Crippen LogP contribution in [0.15, 0.2) is 41.3 Å². The fourth-order valence-corrected chi connectivity index (χ4v) is 2.02. The number of esters is 1. The third kappa shape index (κ3) is 2.45. The fourth-order valence-electron chi connectivity index (χ4n) is 2.02. The van der Waals surface area contributed by atoms with Crippen LogP contribution in [0.4, 0.5) is 0 Å². The molecule has 1 heterocycles. The quantitative estimate of drug-likeness (QED) is 0.774. The highest BCUT2D eigenvalue weighted by molar-refractivity contribution is 5.97. The first-order valence-corrected chi connectivity index (χ1v) is 6.17. The maximum Gasteiger partial charge on any atom is 0.342 e. The van der Waals surface area contributed by atoms with E-state index in [1.54, 1.807) is 19.9 Å². The van der Waals surface area contributed by atoms with E-state index in [0.717, 1.165) is 5.56 Å². The molecular formula is C16H16O3. The first-order valence-electron chi connectivity index (χ1n) is 6.17. The van der Waals surface area contributed by atoms with Gasteiger partial charge in [-0.25, -0.2) is 4.79 Å². The molecule has 0 unspecified atom stereocenters. The van der Waals surface area contributed by atoms with E-state index in [1.165, 1.54) is 0 Å². The lowest BCUT2D eigenvalue weighted by atomic mass is 10.0. The second kappa shape index (κ2) is 5.57. The topological polar surface area (TPSA) is 39.4 Å². The van der Waals surface area contributed by atoms with Crippen LogP contribution < -0.4 is 0 Å². The number of ether oxygens (including phenoxy) is 1. The minimum Gasteiger partial charge on any atom is -0.462 e. The van der Waals surface area contributed by atoms with E-state index in [0.29, 0.717) is 29.3 Å². The zero-order chi connectivity index (χ0) is 13.8. The molecule has 0 aliphatic carbocycles. The molecule has 0 fully saturated rings. The van der Waals surface area contributed by atoms with Crippen molar-refractivity contribution in [1.82, 2.24) is 0 Å². The van der Waals surface area contributed by atoms with Crippen molar-refractivity contribution in [2.75, 3.05) is 6.61 Å². The van der Waals surface area contributed by atoms with Gasteiger partial charge in [-0.15, -0.1) is 0 Å². The van der Waals surface area contributed by atoms with Crippen molar-refractivity contribution < 1.29 is 13.9 Å². The van der Waals surface area contributed by atoms with Crippen molar-refractivity contribution in [2.45, 2.75) is 13.8 Å². The summed E-state index contributed by atoms with van der Waals surface area (Å²) in [5.74, 6) is 0.823. The van der Waals surface area contributed by atoms with Gasteiger partial charge in [0.05, 0.1) is 6.61 Å². The Morgan fingerprint density at radius 3 is 2.63 bits per heavy atom. The van der Waals surface area contributed by atoms with Crippen LogP contribution in [0.5, 0.6) is 0 Å². The molecule has 0 aliphatic rings. The maximum absolute atomic E-state index is 12.0. The molecule has 0 saturated carbocycles. The number of furan rings is 1. The Labute approximate surface area is 112 Å². The average Bonchev–Trinajstić information content (AvgIpc) is 2.76. The lowest BCUT2D eigenvalue weighted by molar-refractivity contribution is 0.0524. The number of hydrogen-bond donors (Lipinski definition) is 0. The lowest BCUT2D eigenvalue weighted by Gasteiger charge is -2.02. The molecule has 0 saturated heterocycles. The molecule has 2 aromatic rings. The molecule has 19 heavy (non-hydrogen) atoms. The van der Waals surface area contributed by atoms with Gasteiger partial charge in [-0.05, 0) is 13.8 Å². The molecule has 3 heteroatoms. The summed E-state index contributed by atoms with van der Waals surface area (Å²) in [7, 11) is 0.